The van der Waals surface area contributed by atoms with E-state index in [0.717, 1.165) is 24.3 Å². The summed E-state index contributed by atoms with van der Waals surface area (Å²) in [6.07, 6.45) is 3.45. The van der Waals surface area contributed by atoms with E-state index in [1.807, 2.05) is 25.1 Å². The summed E-state index contributed by atoms with van der Waals surface area (Å²) in [5.41, 5.74) is 1.17. The van der Waals surface area contributed by atoms with Crippen LogP contribution in [-0.2, 0) is 6.42 Å². The van der Waals surface area contributed by atoms with Gasteiger partial charge in [-0.1, -0.05) is 0 Å². The number of nitrogens with one attached hydrogen (secondary N) is 1. The van der Waals surface area contributed by atoms with Crippen molar-refractivity contribution in [3.8, 4) is 6.07 Å². The molecule has 19 heavy (non-hydrogen) atoms. The number of hydrogen-bond donors (Lipinski definition) is 1. The highest BCUT2D eigenvalue weighted by molar-refractivity contribution is 5.33. The minimum Gasteiger partial charge on any atom is -0.469 e. The molecule has 0 aliphatic rings. The Kier molecular flexibility index (Phi) is 4.14. The molecule has 98 valence electrons. The molecule has 1 N–H and O–H groups in total. The lowest BCUT2D eigenvalue weighted by Crippen LogP contribution is -2.18. The number of anilines is 1. The lowest BCUT2D eigenvalue weighted by Gasteiger charge is -2.13. The lowest BCUT2D eigenvalue weighted by atomic mass is 10.1. The van der Waals surface area contributed by atoms with Crippen molar-refractivity contribution in [3.05, 3.63) is 41.6 Å². The number of nitrogens with zero attached hydrogens (tertiary/aromatic N) is 3. The van der Waals surface area contributed by atoms with Gasteiger partial charge in [0.25, 0.3) is 0 Å². The van der Waals surface area contributed by atoms with Gasteiger partial charge in [-0.25, -0.2) is 9.97 Å². The van der Waals surface area contributed by atoms with E-state index in [9.17, 15) is 0 Å². The first-order valence-electron chi connectivity index (χ1n) is 6.22. The van der Waals surface area contributed by atoms with Crippen molar-refractivity contribution in [2.24, 2.45) is 0 Å². The van der Waals surface area contributed by atoms with E-state index < -0.39 is 0 Å². The van der Waals surface area contributed by atoms with Gasteiger partial charge in [0.1, 0.15) is 17.5 Å². The molecule has 0 radical (unpaired) electrons. The summed E-state index contributed by atoms with van der Waals surface area (Å²) in [6, 6.07) is 7.75. The van der Waals surface area contributed by atoms with E-state index in [1.54, 1.807) is 12.3 Å². The molecule has 0 aliphatic heterocycles. The molecule has 0 spiro atoms. The van der Waals surface area contributed by atoms with Crippen LogP contribution < -0.4 is 5.32 Å². The summed E-state index contributed by atoms with van der Waals surface area (Å²) in [6.45, 7) is 3.90. The van der Waals surface area contributed by atoms with Crippen LogP contribution in [0.5, 0.6) is 0 Å². The van der Waals surface area contributed by atoms with E-state index in [0.29, 0.717) is 11.6 Å². The van der Waals surface area contributed by atoms with Gasteiger partial charge in [0.15, 0.2) is 0 Å². The summed E-state index contributed by atoms with van der Waals surface area (Å²) >= 11 is 0. The molecule has 2 rings (SSSR count). The van der Waals surface area contributed by atoms with Crippen LogP contribution in [0.1, 0.15) is 30.5 Å². The minimum absolute atomic E-state index is 0.207. The minimum atomic E-state index is 0.207. The topological polar surface area (TPSA) is 74.7 Å². The second kappa shape index (κ2) is 6.01. The lowest BCUT2D eigenvalue weighted by molar-refractivity contribution is 0.494. The maximum Gasteiger partial charge on any atom is 0.224 e. The summed E-state index contributed by atoms with van der Waals surface area (Å²) in [7, 11) is 0. The van der Waals surface area contributed by atoms with Gasteiger partial charge in [-0.3, -0.25) is 0 Å². The molecule has 0 aromatic carbocycles. The first kappa shape index (κ1) is 13.1. The van der Waals surface area contributed by atoms with Gasteiger partial charge >= 0.3 is 0 Å². The van der Waals surface area contributed by atoms with Gasteiger partial charge in [-0.05, 0) is 38.5 Å². The van der Waals surface area contributed by atoms with Crippen LogP contribution in [0.25, 0.3) is 0 Å². The molecule has 2 aromatic rings. The first-order chi connectivity index (χ1) is 9.17. The Labute approximate surface area is 112 Å². The van der Waals surface area contributed by atoms with Crippen LogP contribution in [0.2, 0.25) is 0 Å². The van der Waals surface area contributed by atoms with E-state index in [1.165, 1.54) is 0 Å². The standard InChI is InChI=1S/C14H16N4O/c1-10(5-6-13-4-3-7-19-13)16-14-17-11(2)8-12(9-15)18-14/h3-4,7-8,10H,5-6H2,1-2H3,(H,16,17,18). The zero-order valence-corrected chi connectivity index (χ0v) is 11.1. The van der Waals surface area contributed by atoms with Crippen LogP contribution in [0, 0.1) is 18.3 Å². The van der Waals surface area contributed by atoms with Crippen molar-refractivity contribution in [1.82, 2.24) is 9.97 Å². The molecule has 2 heterocycles. The van der Waals surface area contributed by atoms with Crippen molar-refractivity contribution in [2.75, 3.05) is 5.32 Å². The molecule has 5 heteroatoms. The Bertz CT molecular complexity index is 572. The third kappa shape index (κ3) is 3.81. The van der Waals surface area contributed by atoms with Gasteiger partial charge < -0.3 is 9.73 Å². The average molecular weight is 256 g/mol. The fourth-order valence-corrected chi connectivity index (χ4v) is 1.80. The monoisotopic (exact) mass is 256 g/mol. The Morgan fingerprint density at radius 1 is 1.47 bits per heavy atom. The summed E-state index contributed by atoms with van der Waals surface area (Å²) in [5, 5.41) is 12.1. The van der Waals surface area contributed by atoms with Crippen molar-refractivity contribution in [3.63, 3.8) is 0 Å². The van der Waals surface area contributed by atoms with Gasteiger partial charge in [0, 0.05) is 18.2 Å². The molecular formula is C14H16N4O. The molecule has 0 aliphatic carbocycles. The molecule has 0 amide bonds. The molecule has 1 atom stereocenters. The number of rotatable bonds is 5. The fourth-order valence-electron chi connectivity index (χ4n) is 1.80. The Balaban J connectivity index is 1.93. The maximum absolute atomic E-state index is 8.87. The van der Waals surface area contributed by atoms with Gasteiger partial charge in [0.2, 0.25) is 5.95 Å². The highest BCUT2D eigenvalue weighted by Crippen LogP contribution is 2.10. The van der Waals surface area contributed by atoms with Gasteiger partial charge in [-0.15, -0.1) is 0 Å². The van der Waals surface area contributed by atoms with Crippen LogP contribution >= 0.6 is 0 Å². The normalized spacial score (nSPS) is 11.8. The quantitative estimate of drug-likeness (QED) is 0.890. The van der Waals surface area contributed by atoms with E-state index in [4.69, 9.17) is 9.68 Å². The number of aromatic nitrogens is 2. The van der Waals surface area contributed by atoms with E-state index in [-0.39, 0.29) is 6.04 Å². The maximum atomic E-state index is 8.87. The Hall–Kier alpha value is -2.35. The van der Waals surface area contributed by atoms with Crippen molar-refractivity contribution in [1.29, 1.82) is 5.26 Å². The highest BCUT2D eigenvalue weighted by atomic mass is 16.3. The van der Waals surface area contributed by atoms with Crippen molar-refractivity contribution >= 4 is 5.95 Å². The van der Waals surface area contributed by atoms with Crippen LogP contribution in [0.15, 0.2) is 28.9 Å². The molecule has 0 saturated carbocycles. The van der Waals surface area contributed by atoms with Gasteiger partial charge in [-0.2, -0.15) is 5.26 Å². The zero-order valence-electron chi connectivity index (χ0n) is 11.1. The third-order valence-electron chi connectivity index (χ3n) is 2.75. The van der Waals surface area contributed by atoms with Crippen LogP contribution in [0.4, 0.5) is 5.95 Å². The predicted octanol–water partition coefficient (Wildman–Crippen LogP) is 2.68. The molecule has 5 nitrogen and oxygen atoms in total. The molecular weight excluding hydrogens is 240 g/mol. The Morgan fingerprint density at radius 2 is 2.32 bits per heavy atom. The Morgan fingerprint density at radius 3 is 3.00 bits per heavy atom. The molecule has 1 unspecified atom stereocenters. The van der Waals surface area contributed by atoms with E-state index >= 15 is 0 Å². The largest absolute Gasteiger partial charge is 0.469 e. The van der Waals surface area contributed by atoms with E-state index in [2.05, 4.69) is 22.2 Å². The molecule has 2 aromatic heterocycles. The summed E-state index contributed by atoms with van der Waals surface area (Å²) in [4.78, 5) is 8.40. The van der Waals surface area contributed by atoms with Crippen molar-refractivity contribution in [2.45, 2.75) is 32.7 Å². The molecule has 0 fully saturated rings. The second-order valence-electron chi connectivity index (χ2n) is 4.49. The number of furan rings is 1. The number of hydrogen-bond acceptors (Lipinski definition) is 5. The van der Waals surface area contributed by atoms with Gasteiger partial charge in [0.05, 0.1) is 6.26 Å². The van der Waals surface area contributed by atoms with Crippen molar-refractivity contribution < 1.29 is 4.42 Å². The second-order valence-corrected chi connectivity index (χ2v) is 4.49. The third-order valence-corrected chi connectivity index (χ3v) is 2.75. The summed E-state index contributed by atoms with van der Waals surface area (Å²) in [5.74, 6) is 1.47. The summed E-state index contributed by atoms with van der Waals surface area (Å²) < 4.78 is 5.29. The molecule has 0 saturated heterocycles. The SMILES string of the molecule is Cc1cc(C#N)nc(NC(C)CCc2ccco2)n1. The van der Waals surface area contributed by atoms with Crippen LogP contribution in [-0.4, -0.2) is 16.0 Å². The zero-order chi connectivity index (χ0) is 13.7. The number of aryl methyl sites for hydroxylation is 2. The highest BCUT2D eigenvalue weighted by Gasteiger charge is 2.07. The first-order valence-corrected chi connectivity index (χ1v) is 6.22. The number of nitriles is 1. The predicted molar refractivity (Wildman–Crippen MR) is 71.6 cm³/mol. The average Bonchev–Trinajstić information content (AvgIpc) is 2.88. The molecule has 0 bridgehead atoms. The van der Waals surface area contributed by atoms with Crippen LogP contribution in [0.3, 0.4) is 0 Å². The smallest absolute Gasteiger partial charge is 0.224 e. The fraction of sp³-hybridized carbons (Fsp3) is 0.357.